The van der Waals surface area contributed by atoms with Gasteiger partial charge in [0.1, 0.15) is 17.4 Å². The highest BCUT2D eigenvalue weighted by Crippen LogP contribution is 2.23. The lowest BCUT2D eigenvalue weighted by Gasteiger charge is -2.33. The van der Waals surface area contributed by atoms with Gasteiger partial charge in [-0.05, 0) is 117 Å². The number of hydrogen-bond donors (Lipinski definition) is 12. The van der Waals surface area contributed by atoms with E-state index >= 15 is 0 Å². The van der Waals surface area contributed by atoms with E-state index in [-0.39, 0.29) is 69.2 Å². The van der Waals surface area contributed by atoms with Crippen molar-refractivity contribution in [2.45, 2.75) is 205 Å². The van der Waals surface area contributed by atoms with E-state index < -0.39 is 113 Å². The van der Waals surface area contributed by atoms with Gasteiger partial charge in [-0.3, -0.25) is 69.2 Å². The Morgan fingerprint density at radius 1 is 0.780 bits per heavy atom. The number of fused-ring (bicyclic) bond motifs is 1. The summed E-state index contributed by atoms with van der Waals surface area (Å²) in [6, 6.07) is -0.403. The largest absolute Gasteiger partial charge is 0.394 e. The number of nitrogens with one attached hydrogen (secondary N) is 9. The van der Waals surface area contributed by atoms with Crippen LogP contribution in [0.15, 0.2) is 42.6 Å². The van der Waals surface area contributed by atoms with Gasteiger partial charge in [0.15, 0.2) is 5.78 Å². The van der Waals surface area contributed by atoms with Crippen molar-refractivity contribution in [2.24, 2.45) is 23.4 Å². The van der Waals surface area contributed by atoms with Crippen LogP contribution in [-0.4, -0.2) is 148 Å². The molecule has 1 aromatic heterocycles. The Hall–Kier alpha value is -6.37. The van der Waals surface area contributed by atoms with Crippen LogP contribution in [0.4, 0.5) is 0 Å². The predicted octanol–water partition coefficient (Wildman–Crippen LogP) is 1.80. The summed E-state index contributed by atoms with van der Waals surface area (Å²) in [5.74, 6) is -3.73. The molecule has 5 amide bonds. The number of hydrogen-bond acceptors (Lipinski definition) is 17. The monoisotopic (exact) mass is 1150 g/mol. The van der Waals surface area contributed by atoms with Crippen LogP contribution in [0.5, 0.6) is 0 Å². The summed E-state index contributed by atoms with van der Waals surface area (Å²) in [6.07, 6.45) is 13.5. The van der Waals surface area contributed by atoms with Gasteiger partial charge in [0.25, 0.3) is 0 Å². The molecule has 2 aromatic rings. The molecule has 1 aliphatic heterocycles. The minimum Gasteiger partial charge on any atom is -0.394 e. The number of aliphatic hydroxyl groups is 1. The van der Waals surface area contributed by atoms with Crippen molar-refractivity contribution in [3.63, 3.8) is 0 Å². The van der Waals surface area contributed by atoms with E-state index in [2.05, 4.69) is 47.6 Å². The van der Waals surface area contributed by atoms with Crippen LogP contribution in [0.3, 0.4) is 0 Å². The van der Waals surface area contributed by atoms with E-state index in [1.54, 1.807) is 13.1 Å². The van der Waals surface area contributed by atoms with Crippen LogP contribution in [0, 0.1) is 11.8 Å². The Labute approximate surface area is 482 Å². The minimum atomic E-state index is -1.71. The molecular formula is C59H93N11O12. The maximum absolute atomic E-state index is 14.6. The van der Waals surface area contributed by atoms with Gasteiger partial charge < -0.3 is 42.4 Å². The van der Waals surface area contributed by atoms with Crippen molar-refractivity contribution >= 4 is 75.1 Å². The number of rotatable bonds is 20. The quantitative estimate of drug-likeness (QED) is 0.0389. The number of primary amides is 1. The molecular weight excluding hydrogens is 1050 g/mol. The van der Waals surface area contributed by atoms with E-state index in [4.69, 9.17) is 11.6 Å². The SMILES string of the molecule is CC(=O)CN[C@]1(C)CCCCCCCC/C=C/CCC[C@@](C)(C(=O)N[C@@H](CO)C(=O)N[C@@H](C)C(=O)C(=O)[C@H](C)NN)NC(=O)[C@H](CCC(C)C)CN[C@@H](CCC(N)=O)C(=O)C(=O)C(C)NC(=O)[C@H](Cc2c[nH]c3ccccc23)NCC1=O. The number of ketones is 6. The highest BCUT2D eigenvalue weighted by Gasteiger charge is 2.40. The lowest BCUT2D eigenvalue weighted by molar-refractivity contribution is -0.140. The number of amides is 5. The molecule has 23 nitrogen and oxygen atoms in total. The number of hydrazine groups is 1. The number of nitrogens with two attached hydrogens (primary N) is 2. The second kappa shape index (κ2) is 34.9. The Balaban J connectivity index is 2.03. The average molecular weight is 1150 g/mol. The Bertz CT molecular complexity index is 2550. The number of aromatic amines is 1. The van der Waals surface area contributed by atoms with Crippen molar-refractivity contribution in [2.75, 3.05) is 26.2 Å². The summed E-state index contributed by atoms with van der Waals surface area (Å²) >= 11 is 0. The molecule has 456 valence electrons. The highest BCUT2D eigenvalue weighted by atomic mass is 16.3. The molecule has 2 heterocycles. The van der Waals surface area contributed by atoms with Gasteiger partial charge in [0.05, 0.1) is 61.4 Å². The summed E-state index contributed by atoms with van der Waals surface area (Å²) < 4.78 is 0. The van der Waals surface area contributed by atoms with Crippen LogP contribution < -0.4 is 54.2 Å². The molecule has 82 heavy (non-hydrogen) atoms. The maximum atomic E-state index is 14.6. The van der Waals surface area contributed by atoms with Crippen LogP contribution in [-0.2, 0) is 59.2 Å². The average Bonchev–Trinajstić information content (AvgIpc) is 3.97. The summed E-state index contributed by atoms with van der Waals surface area (Å²) in [4.78, 5) is 152. The second-order valence-electron chi connectivity index (χ2n) is 22.8. The topological polar surface area (TPSA) is 372 Å². The third-order valence-electron chi connectivity index (χ3n) is 15.2. The van der Waals surface area contributed by atoms with Crippen LogP contribution >= 0.6 is 0 Å². The first kappa shape index (κ1) is 69.9. The van der Waals surface area contributed by atoms with Crippen molar-refractivity contribution < 1.29 is 57.8 Å². The first-order chi connectivity index (χ1) is 38.8. The number of allylic oxidation sites excluding steroid dienone is 2. The van der Waals surface area contributed by atoms with E-state index in [9.17, 15) is 57.8 Å². The number of aliphatic hydroxyl groups excluding tert-OH is 1. The lowest BCUT2D eigenvalue weighted by Crippen LogP contribution is -2.63. The van der Waals surface area contributed by atoms with Gasteiger partial charge in [-0.1, -0.05) is 82.7 Å². The standard InChI is InChI=1S/C59H93N11O12/c1-36(2)24-25-41-32-63-45(26-27-49(60)74)53(78)51(76)39(5)66-55(80)46(30-42-33-62-44-23-19-18-22-43(42)44)64-34-48(73)58(7,65-31-37(3)72)28-20-16-14-12-10-9-11-13-15-17-21-29-59(8,69-54(41)79)57(82)68-47(35-71)56(81)67-38(4)50(75)52(77)40(6)70-61/h13,15,18-19,22-23,33,36,38-41,45-47,62-65,70-71H,9-12,14,16-17,20-21,24-32,34-35,61H2,1-8H3,(H2,60,74)(H,66,80)(H,67,81)(H,68,82)(H,69,79)/b15-13+/t38-,39?,40-,41+,45-,46-,47-,58+,59-/m0/s1. The van der Waals surface area contributed by atoms with Gasteiger partial charge in [-0.25, -0.2) is 5.43 Å². The maximum Gasteiger partial charge on any atom is 0.246 e. The molecule has 0 saturated heterocycles. The normalized spacial score (nSPS) is 24.7. The van der Waals surface area contributed by atoms with Crippen LogP contribution in [0.2, 0.25) is 0 Å². The molecule has 3 rings (SSSR count). The van der Waals surface area contributed by atoms with Crippen molar-refractivity contribution in [1.29, 1.82) is 0 Å². The Kier molecular flexibility index (Phi) is 29.8. The first-order valence-electron chi connectivity index (χ1n) is 29.0. The second-order valence-corrected chi connectivity index (χ2v) is 22.8. The molecule has 9 atom stereocenters. The fourth-order valence-electron chi connectivity index (χ4n) is 9.61. The minimum absolute atomic E-state index is 0.0334. The zero-order valence-corrected chi connectivity index (χ0v) is 49.4. The van der Waals surface area contributed by atoms with E-state index in [0.29, 0.717) is 32.1 Å². The van der Waals surface area contributed by atoms with Crippen molar-refractivity contribution in [3.8, 4) is 0 Å². The lowest BCUT2D eigenvalue weighted by atomic mass is 9.88. The third kappa shape index (κ3) is 22.8. The predicted molar refractivity (Wildman–Crippen MR) is 311 cm³/mol. The van der Waals surface area contributed by atoms with Crippen LogP contribution in [0.25, 0.3) is 10.9 Å². The summed E-state index contributed by atoms with van der Waals surface area (Å²) in [7, 11) is 0. The highest BCUT2D eigenvalue weighted by molar-refractivity contribution is 6.41. The molecule has 0 aliphatic carbocycles. The van der Waals surface area contributed by atoms with E-state index in [1.807, 2.05) is 50.3 Å². The fourth-order valence-corrected chi connectivity index (χ4v) is 9.61. The zero-order valence-electron chi connectivity index (χ0n) is 49.4. The van der Waals surface area contributed by atoms with Crippen molar-refractivity contribution in [3.05, 3.63) is 48.2 Å². The van der Waals surface area contributed by atoms with Gasteiger partial charge in [-0.15, -0.1) is 0 Å². The smallest absolute Gasteiger partial charge is 0.246 e. The van der Waals surface area contributed by atoms with Gasteiger partial charge >= 0.3 is 0 Å². The van der Waals surface area contributed by atoms with Crippen molar-refractivity contribution in [1.82, 2.24) is 47.6 Å². The molecule has 0 bridgehead atoms. The number of aromatic nitrogens is 1. The summed E-state index contributed by atoms with van der Waals surface area (Å²) in [5, 5.41) is 30.9. The number of Topliss-reactive ketones (excluding diaryl/α,β-unsaturated/α-hetero) is 6. The Morgan fingerprint density at radius 2 is 1.43 bits per heavy atom. The van der Waals surface area contributed by atoms with E-state index in [0.717, 1.165) is 55.0 Å². The molecule has 1 unspecified atom stereocenters. The molecule has 23 heteroatoms. The fraction of sp³-hybridized carbons (Fsp3) is 0.644. The molecule has 14 N–H and O–H groups in total. The molecule has 0 saturated carbocycles. The number of benzene rings is 1. The molecule has 1 aromatic carbocycles. The summed E-state index contributed by atoms with van der Waals surface area (Å²) in [5.41, 5.74) is 6.44. The van der Waals surface area contributed by atoms with Crippen LogP contribution in [0.1, 0.15) is 157 Å². The molecule has 1 aliphatic rings. The number of H-pyrrole nitrogens is 1. The molecule has 0 fully saturated rings. The zero-order chi connectivity index (χ0) is 61.2. The van der Waals surface area contributed by atoms with Gasteiger partial charge in [-0.2, -0.15) is 0 Å². The van der Waals surface area contributed by atoms with E-state index in [1.165, 1.54) is 34.6 Å². The number of para-hydroxylation sites is 1. The summed E-state index contributed by atoms with van der Waals surface area (Å²) in [6.45, 7) is 11.1. The number of carbonyl (C=O) groups is 11. The first-order valence-corrected chi connectivity index (χ1v) is 29.0. The van der Waals surface area contributed by atoms with Gasteiger partial charge in [0.2, 0.25) is 52.7 Å². The molecule has 0 spiro atoms. The number of carbonyl (C=O) groups excluding carboxylic acids is 11. The third-order valence-corrected chi connectivity index (χ3v) is 15.2. The van der Waals surface area contributed by atoms with Gasteiger partial charge in [0, 0.05) is 30.1 Å². The molecule has 0 radical (unpaired) electrons. The Morgan fingerprint density at radius 3 is 2.07 bits per heavy atom.